The molecule has 98 valence electrons. The Balaban J connectivity index is 1.83. The van der Waals surface area contributed by atoms with Crippen molar-refractivity contribution in [3.8, 4) is 0 Å². The van der Waals surface area contributed by atoms with E-state index in [4.69, 9.17) is 16.3 Å². The lowest BCUT2D eigenvalue weighted by molar-refractivity contribution is 0.0923. The molecular weight excluding hydrogens is 316 g/mol. The monoisotopic (exact) mass is 330 g/mol. The van der Waals surface area contributed by atoms with Crippen LogP contribution in [0.1, 0.15) is 42.5 Å². The van der Waals surface area contributed by atoms with Crippen molar-refractivity contribution in [3.63, 3.8) is 0 Å². The van der Waals surface area contributed by atoms with Gasteiger partial charge in [0.2, 0.25) is 0 Å². The Morgan fingerprint density at radius 2 is 2.33 bits per heavy atom. The molecule has 0 radical (unpaired) electrons. The molecule has 0 aliphatic carbocycles. The van der Waals surface area contributed by atoms with E-state index in [-0.39, 0.29) is 5.78 Å². The number of ketones is 1. The Morgan fingerprint density at radius 3 is 3.00 bits per heavy atom. The van der Waals surface area contributed by atoms with E-state index in [1.54, 1.807) is 12.1 Å². The quantitative estimate of drug-likeness (QED) is 0.735. The van der Waals surface area contributed by atoms with E-state index in [0.717, 1.165) is 36.8 Å². The zero-order valence-corrected chi connectivity index (χ0v) is 12.5. The van der Waals surface area contributed by atoms with Gasteiger partial charge < -0.3 is 4.74 Å². The summed E-state index contributed by atoms with van der Waals surface area (Å²) in [5.41, 5.74) is 0.618. The van der Waals surface area contributed by atoms with Crippen LogP contribution >= 0.6 is 27.5 Å². The van der Waals surface area contributed by atoms with E-state index in [9.17, 15) is 4.79 Å². The molecule has 1 aliphatic rings. The lowest BCUT2D eigenvalue weighted by atomic mass is 10.0. The minimum absolute atomic E-state index is 0.116. The van der Waals surface area contributed by atoms with Gasteiger partial charge in [-0.3, -0.25) is 4.79 Å². The molecule has 2 rings (SSSR count). The fraction of sp³-hybridized carbons (Fsp3) is 0.500. The van der Waals surface area contributed by atoms with E-state index in [1.165, 1.54) is 0 Å². The Morgan fingerprint density at radius 1 is 1.50 bits per heavy atom. The first-order valence-electron chi connectivity index (χ1n) is 6.26. The van der Waals surface area contributed by atoms with Crippen molar-refractivity contribution >= 4 is 33.3 Å². The second-order valence-corrected chi connectivity index (χ2v) is 5.90. The van der Waals surface area contributed by atoms with Crippen LogP contribution in [-0.4, -0.2) is 18.5 Å². The zero-order chi connectivity index (χ0) is 13.0. The van der Waals surface area contributed by atoms with Gasteiger partial charge >= 0.3 is 0 Å². The third-order valence-corrected chi connectivity index (χ3v) is 3.99. The van der Waals surface area contributed by atoms with Gasteiger partial charge in [0.25, 0.3) is 0 Å². The summed E-state index contributed by atoms with van der Waals surface area (Å²) >= 11 is 9.39. The lowest BCUT2D eigenvalue weighted by Gasteiger charge is -2.08. The molecule has 1 aromatic carbocycles. The third kappa shape index (κ3) is 3.81. The van der Waals surface area contributed by atoms with Gasteiger partial charge in [-0.25, -0.2) is 0 Å². The normalized spacial score (nSPS) is 19.1. The number of hydrogen-bond donors (Lipinski definition) is 0. The first kappa shape index (κ1) is 14.0. The molecule has 2 nitrogen and oxygen atoms in total. The van der Waals surface area contributed by atoms with Crippen molar-refractivity contribution in [1.29, 1.82) is 0 Å². The van der Waals surface area contributed by atoms with Crippen molar-refractivity contribution in [2.45, 2.75) is 38.2 Å². The van der Waals surface area contributed by atoms with Crippen molar-refractivity contribution in [1.82, 2.24) is 0 Å². The van der Waals surface area contributed by atoms with Crippen molar-refractivity contribution in [2.24, 2.45) is 0 Å². The molecule has 18 heavy (non-hydrogen) atoms. The Hall–Kier alpha value is -0.380. The predicted octanol–water partition coefficient (Wildman–Crippen LogP) is 4.63. The molecule has 1 aliphatic heterocycles. The number of rotatable bonds is 5. The van der Waals surface area contributed by atoms with Crippen LogP contribution in [-0.2, 0) is 4.74 Å². The van der Waals surface area contributed by atoms with Crippen LogP contribution in [0.3, 0.4) is 0 Å². The Bertz CT molecular complexity index is 428. The van der Waals surface area contributed by atoms with Crippen LogP contribution in [0.2, 0.25) is 5.02 Å². The van der Waals surface area contributed by atoms with E-state index in [2.05, 4.69) is 15.9 Å². The van der Waals surface area contributed by atoms with Crippen LogP contribution in [0.15, 0.2) is 22.7 Å². The van der Waals surface area contributed by atoms with Gasteiger partial charge in [0.15, 0.2) is 5.78 Å². The first-order valence-corrected chi connectivity index (χ1v) is 7.44. The zero-order valence-electron chi connectivity index (χ0n) is 10.1. The maximum atomic E-state index is 12.0. The van der Waals surface area contributed by atoms with E-state index >= 15 is 0 Å². The fourth-order valence-corrected chi connectivity index (χ4v) is 2.99. The van der Waals surface area contributed by atoms with Gasteiger partial charge in [0, 0.05) is 23.1 Å². The number of halogens is 2. The minimum Gasteiger partial charge on any atom is -0.378 e. The molecule has 1 fully saturated rings. The average Bonchev–Trinajstić information content (AvgIpc) is 2.81. The molecule has 0 aromatic heterocycles. The summed E-state index contributed by atoms with van der Waals surface area (Å²) in [5, 5.41) is 0.520. The number of benzene rings is 1. The van der Waals surface area contributed by atoms with Gasteiger partial charge in [-0.2, -0.15) is 0 Å². The highest BCUT2D eigenvalue weighted by atomic mass is 79.9. The van der Waals surface area contributed by atoms with Crippen LogP contribution in [0.25, 0.3) is 0 Å². The molecule has 1 unspecified atom stereocenters. The van der Waals surface area contributed by atoms with Crippen LogP contribution in [0.5, 0.6) is 0 Å². The molecular formula is C14H16BrClO2. The SMILES string of the molecule is O=C(CCCC1CCCO1)c1ccc(Br)cc1Cl. The highest BCUT2D eigenvalue weighted by Gasteiger charge is 2.16. The summed E-state index contributed by atoms with van der Waals surface area (Å²) in [5.74, 6) is 0.116. The van der Waals surface area contributed by atoms with Crippen molar-refractivity contribution in [3.05, 3.63) is 33.3 Å². The van der Waals surface area contributed by atoms with Crippen molar-refractivity contribution in [2.75, 3.05) is 6.61 Å². The largest absolute Gasteiger partial charge is 0.378 e. The summed E-state index contributed by atoms with van der Waals surface area (Å²) < 4.78 is 6.43. The summed E-state index contributed by atoms with van der Waals surface area (Å²) in [7, 11) is 0. The first-order chi connectivity index (χ1) is 8.66. The van der Waals surface area contributed by atoms with Gasteiger partial charge in [0.05, 0.1) is 11.1 Å². The van der Waals surface area contributed by atoms with Crippen LogP contribution in [0, 0.1) is 0 Å². The number of carbonyl (C=O) groups excluding carboxylic acids is 1. The number of carbonyl (C=O) groups is 1. The highest BCUT2D eigenvalue weighted by Crippen LogP contribution is 2.24. The van der Waals surface area contributed by atoms with E-state index < -0.39 is 0 Å². The maximum Gasteiger partial charge on any atom is 0.164 e. The standard InChI is InChI=1S/C14H16BrClO2/c15-10-6-7-12(13(16)9-10)14(17)5-1-3-11-4-2-8-18-11/h6-7,9,11H,1-5,8H2. The maximum absolute atomic E-state index is 12.0. The smallest absolute Gasteiger partial charge is 0.164 e. The molecule has 0 spiro atoms. The molecule has 1 atom stereocenters. The van der Waals surface area contributed by atoms with Gasteiger partial charge in [0.1, 0.15) is 0 Å². The minimum atomic E-state index is 0.116. The molecule has 4 heteroatoms. The Kier molecular flexibility index (Phi) is 5.22. The number of Topliss-reactive ketones (excluding diaryl/α,β-unsaturated/α-hetero) is 1. The summed E-state index contributed by atoms with van der Waals surface area (Å²) in [6, 6.07) is 5.38. The van der Waals surface area contributed by atoms with Crippen LogP contribution < -0.4 is 0 Å². The molecule has 0 saturated carbocycles. The van der Waals surface area contributed by atoms with Gasteiger partial charge in [-0.05, 0) is 43.9 Å². The highest BCUT2D eigenvalue weighted by molar-refractivity contribution is 9.10. The average molecular weight is 332 g/mol. The molecule has 0 amide bonds. The fourth-order valence-electron chi connectivity index (χ4n) is 2.21. The van der Waals surface area contributed by atoms with Gasteiger partial charge in [-0.15, -0.1) is 0 Å². The van der Waals surface area contributed by atoms with Gasteiger partial charge in [-0.1, -0.05) is 27.5 Å². The van der Waals surface area contributed by atoms with Crippen molar-refractivity contribution < 1.29 is 9.53 Å². The Labute approximate surface area is 121 Å². The predicted molar refractivity (Wildman–Crippen MR) is 76.3 cm³/mol. The summed E-state index contributed by atoms with van der Waals surface area (Å²) in [6.45, 7) is 0.872. The molecule has 1 heterocycles. The van der Waals surface area contributed by atoms with E-state index in [0.29, 0.717) is 23.1 Å². The summed E-state index contributed by atoms with van der Waals surface area (Å²) in [6.07, 6.45) is 5.03. The second kappa shape index (κ2) is 6.69. The lowest BCUT2D eigenvalue weighted by Crippen LogP contribution is -2.06. The second-order valence-electron chi connectivity index (χ2n) is 4.57. The number of ether oxygens (including phenoxy) is 1. The molecule has 1 saturated heterocycles. The molecule has 1 aromatic rings. The number of hydrogen-bond acceptors (Lipinski definition) is 2. The van der Waals surface area contributed by atoms with E-state index in [1.807, 2.05) is 6.07 Å². The third-order valence-electron chi connectivity index (χ3n) is 3.19. The van der Waals surface area contributed by atoms with Crippen LogP contribution in [0.4, 0.5) is 0 Å². The topological polar surface area (TPSA) is 26.3 Å². The molecule has 0 N–H and O–H groups in total. The molecule has 0 bridgehead atoms. The summed E-state index contributed by atoms with van der Waals surface area (Å²) in [4.78, 5) is 12.0.